The largest absolute Gasteiger partial charge is 0.466 e. The number of likely N-dealkylation sites (tertiary alicyclic amines) is 1. The molecule has 1 fully saturated rings. The van der Waals surface area contributed by atoms with Crippen molar-refractivity contribution in [1.29, 1.82) is 0 Å². The zero-order valence-electron chi connectivity index (χ0n) is 18.0. The van der Waals surface area contributed by atoms with Crippen molar-refractivity contribution in [1.82, 2.24) is 19.4 Å². The summed E-state index contributed by atoms with van der Waals surface area (Å²) in [6.45, 7) is 3.81. The molecular formula is C24H26F2N4O2. The molecule has 0 radical (unpaired) electrons. The fourth-order valence-corrected chi connectivity index (χ4v) is 4.44. The van der Waals surface area contributed by atoms with Gasteiger partial charge in [-0.05, 0) is 62.6 Å². The smallest absolute Gasteiger partial charge is 0.313 e. The van der Waals surface area contributed by atoms with Crippen LogP contribution in [-0.4, -0.2) is 45.1 Å². The fraction of sp³-hybridized carbons (Fsp3) is 0.375. The Kier molecular flexibility index (Phi) is 6.60. The molecule has 32 heavy (non-hydrogen) atoms. The Bertz CT molecular complexity index is 1070. The van der Waals surface area contributed by atoms with Gasteiger partial charge in [0.05, 0.1) is 12.0 Å². The molecule has 6 nitrogen and oxygen atoms in total. The molecule has 0 aliphatic carbocycles. The van der Waals surface area contributed by atoms with Crippen LogP contribution in [0, 0.1) is 17.0 Å². The topological polar surface area (TPSA) is 60.2 Å². The SMILES string of the molecule is CCOC(=O)[C@@]1(Cc2ccc(F)cc2F)CCCN(Cc2cccn2-c2ncccn2)C1. The Morgan fingerprint density at radius 2 is 2.00 bits per heavy atom. The van der Waals surface area contributed by atoms with Gasteiger partial charge in [-0.2, -0.15) is 0 Å². The number of hydrogen-bond donors (Lipinski definition) is 0. The highest BCUT2D eigenvalue weighted by Crippen LogP contribution is 2.36. The van der Waals surface area contributed by atoms with Crippen LogP contribution in [0.4, 0.5) is 8.78 Å². The first-order chi connectivity index (χ1) is 15.5. The molecule has 1 saturated heterocycles. The summed E-state index contributed by atoms with van der Waals surface area (Å²) in [4.78, 5) is 23.9. The summed E-state index contributed by atoms with van der Waals surface area (Å²) < 4.78 is 35.2. The van der Waals surface area contributed by atoms with Crippen molar-refractivity contribution in [2.75, 3.05) is 19.7 Å². The first kappa shape index (κ1) is 22.1. The van der Waals surface area contributed by atoms with Crippen LogP contribution >= 0.6 is 0 Å². The zero-order chi connectivity index (χ0) is 22.6. The van der Waals surface area contributed by atoms with E-state index in [1.165, 1.54) is 12.1 Å². The van der Waals surface area contributed by atoms with Crippen LogP contribution in [0.1, 0.15) is 31.0 Å². The highest BCUT2D eigenvalue weighted by molar-refractivity contribution is 5.77. The molecular weight excluding hydrogens is 414 g/mol. The molecule has 0 unspecified atom stereocenters. The van der Waals surface area contributed by atoms with E-state index in [0.29, 0.717) is 31.0 Å². The van der Waals surface area contributed by atoms with E-state index >= 15 is 0 Å². The van der Waals surface area contributed by atoms with E-state index < -0.39 is 17.0 Å². The number of ether oxygens (including phenoxy) is 1. The lowest BCUT2D eigenvalue weighted by Crippen LogP contribution is -2.49. The van der Waals surface area contributed by atoms with Crippen LogP contribution in [-0.2, 0) is 22.5 Å². The minimum absolute atomic E-state index is 0.164. The van der Waals surface area contributed by atoms with Crippen molar-refractivity contribution >= 4 is 5.97 Å². The lowest BCUT2D eigenvalue weighted by molar-refractivity contribution is -0.159. The Labute approximate surface area is 185 Å². The van der Waals surface area contributed by atoms with Crippen molar-refractivity contribution in [2.45, 2.75) is 32.7 Å². The van der Waals surface area contributed by atoms with Gasteiger partial charge in [-0.25, -0.2) is 18.7 Å². The van der Waals surface area contributed by atoms with Crippen LogP contribution in [0.3, 0.4) is 0 Å². The molecule has 0 amide bonds. The molecule has 0 bridgehead atoms. The third-order valence-electron chi connectivity index (χ3n) is 5.89. The Morgan fingerprint density at radius 3 is 2.75 bits per heavy atom. The maximum absolute atomic E-state index is 14.4. The van der Waals surface area contributed by atoms with Crippen LogP contribution in [0.5, 0.6) is 0 Å². The summed E-state index contributed by atoms with van der Waals surface area (Å²) in [5.74, 6) is -1.03. The Morgan fingerprint density at radius 1 is 1.19 bits per heavy atom. The van der Waals surface area contributed by atoms with Crippen molar-refractivity contribution in [2.24, 2.45) is 5.41 Å². The summed E-state index contributed by atoms with van der Waals surface area (Å²) >= 11 is 0. The monoisotopic (exact) mass is 440 g/mol. The van der Waals surface area contributed by atoms with E-state index in [-0.39, 0.29) is 19.0 Å². The minimum atomic E-state index is -0.895. The standard InChI is InChI=1S/C24H26F2N4O2/c1-2-32-22(31)24(15-18-7-8-19(25)14-21(18)26)9-4-12-29(17-24)16-20-6-3-13-30(20)23-27-10-5-11-28-23/h3,5-8,10-11,13-14H,2,4,9,12,15-17H2,1H3/t24-/m1/s1. The van der Waals surface area contributed by atoms with Crippen molar-refractivity contribution in [3.05, 3.63) is 77.9 Å². The highest BCUT2D eigenvalue weighted by Gasteiger charge is 2.44. The molecule has 0 spiro atoms. The molecule has 1 aromatic carbocycles. The van der Waals surface area contributed by atoms with Crippen molar-refractivity contribution < 1.29 is 18.3 Å². The number of hydrogen-bond acceptors (Lipinski definition) is 5. The predicted molar refractivity (Wildman–Crippen MR) is 115 cm³/mol. The first-order valence-corrected chi connectivity index (χ1v) is 10.8. The van der Waals surface area contributed by atoms with Crippen molar-refractivity contribution in [3.8, 4) is 5.95 Å². The lowest BCUT2D eigenvalue weighted by Gasteiger charge is -2.41. The van der Waals surface area contributed by atoms with E-state index in [0.717, 1.165) is 24.7 Å². The molecule has 0 N–H and O–H groups in total. The molecule has 1 aliphatic heterocycles. The summed E-state index contributed by atoms with van der Waals surface area (Å²) in [6.07, 6.45) is 6.80. The van der Waals surface area contributed by atoms with Crippen LogP contribution in [0.15, 0.2) is 55.0 Å². The summed E-state index contributed by atoms with van der Waals surface area (Å²) in [5, 5.41) is 0. The molecule has 168 valence electrons. The quantitative estimate of drug-likeness (QED) is 0.521. The molecule has 0 saturated carbocycles. The Balaban J connectivity index is 1.58. The van der Waals surface area contributed by atoms with Crippen molar-refractivity contribution in [3.63, 3.8) is 0 Å². The molecule has 4 rings (SSSR count). The summed E-state index contributed by atoms with van der Waals surface area (Å²) in [5.41, 5.74) is 0.416. The second kappa shape index (κ2) is 9.56. The third kappa shape index (κ3) is 4.70. The molecule has 1 atom stereocenters. The van der Waals surface area contributed by atoms with Gasteiger partial charge in [-0.3, -0.25) is 14.3 Å². The van der Waals surface area contributed by atoms with E-state index in [2.05, 4.69) is 14.9 Å². The van der Waals surface area contributed by atoms with Gasteiger partial charge in [-0.15, -0.1) is 0 Å². The predicted octanol–water partition coefficient (Wildman–Crippen LogP) is 3.93. The lowest BCUT2D eigenvalue weighted by atomic mass is 9.75. The third-order valence-corrected chi connectivity index (χ3v) is 5.89. The van der Waals surface area contributed by atoms with E-state index in [1.54, 1.807) is 25.4 Å². The molecule has 8 heteroatoms. The second-order valence-electron chi connectivity index (χ2n) is 8.15. The van der Waals surface area contributed by atoms with Crippen LogP contribution in [0.25, 0.3) is 5.95 Å². The number of rotatable bonds is 7. The number of carbonyl (C=O) groups is 1. The Hall–Kier alpha value is -3.13. The second-order valence-corrected chi connectivity index (χ2v) is 8.15. The van der Waals surface area contributed by atoms with Gasteiger partial charge in [0.25, 0.3) is 0 Å². The zero-order valence-corrected chi connectivity index (χ0v) is 18.0. The summed E-state index contributed by atoms with van der Waals surface area (Å²) in [6, 6.07) is 9.20. The van der Waals surface area contributed by atoms with E-state index in [1.807, 2.05) is 22.9 Å². The molecule has 3 aromatic rings. The van der Waals surface area contributed by atoms with Gasteiger partial charge in [0.2, 0.25) is 5.95 Å². The van der Waals surface area contributed by atoms with Gasteiger partial charge in [0.1, 0.15) is 11.6 Å². The van der Waals surface area contributed by atoms with Gasteiger partial charge in [0.15, 0.2) is 0 Å². The number of carbonyl (C=O) groups excluding carboxylic acids is 1. The first-order valence-electron chi connectivity index (χ1n) is 10.8. The van der Waals surface area contributed by atoms with Gasteiger partial charge in [0, 0.05) is 43.4 Å². The van der Waals surface area contributed by atoms with Gasteiger partial charge >= 0.3 is 5.97 Å². The number of halogens is 2. The molecule has 3 heterocycles. The van der Waals surface area contributed by atoms with Crippen LogP contribution < -0.4 is 0 Å². The number of nitrogens with zero attached hydrogens (tertiary/aromatic N) is 4. The minimum Gasteiger partial charge on any atom is -0.466 e. The van der Waals surface area contributed by atoms with E-state index in [4.69, 9.17) is 4.74 Å². The van der Waals surface area contributed by atoms with Crippen LogP contribution in [0.2, 0.25) is 0 Å². The van der Waals surface area contributed by atoms with E-state index in [9.17, 15) is 13.6 Å². The maximum atomic E-state index is 14.4. The average Bonchev–Trinajstić information content (AvgIpc) is 3.25. The molecule has 2 aromatic heterocycles. The number of piperidine rings is 1. The highest BCUT2D eigenvalue weighted by atomic mass is 19.1. The number of aromatic nitrogens is 3. The molecule has 1 aliphatic rings. The number of benzene rings is 1. The van der Waals surface area contributed by atoms with Gasteiger partial charge in [-0.1, -0.05) is 6.07 Å². The summed E-state index contributed by atoms with van der Waals surface area (Å²) in [7, 11) is 0. The maximum Gasteiger partial charge on any atom is 0.313 e. The fourth-order valence-electron chi connectivity index (χ4n) is 4.44. The normalized spacial score (nSPS) is 19.1. The van der Waals surface area contributed by atoms with Gasteiger partial charge < -0.3 is 4.74 Å². The number of esters is 1. The average molecular weight is 440 g/mol.